The molecule has 2 aromatic rings. The standard InChI is InChI=1S/C20H21N3OS/c1-14-11-18(13-19(24)12-14)21-16-7-9-17(10-8-16)23-20(25)22-15-5-3-2-4-6-15/h2-10,13-14,21H,11-12H2,1H3,(H2,22,23,25)/t14-/m1/s1. The first kappa shape index (κ1) is 17.2. The van der Waals surface area contributed by atoms with Gasteiger partial charge >= 0.3 is 0 Å². The van der Waals surface area contributed by atoms with Gasteiger partial charge in [0.2, 0.25) is 0 Å². The zero-order valence-electron chi connectivity index (χ0n) is 14.1. The van der Waals surface area contributed by atoms with Crippen molar-refractivity contribution in [2.45, 2.75) is 19.8 Å². The highest BCUT2D eigenvalue weighted by Gasteiger charge is 2.16. The number of anilines is 3. The van der Waals surface area contributed by atoms with Crippen LogP contribution >= 0.6 is 12.2 Å². The number of carbonyl (C=O) groups is 1. The minimum atomic E-state index is 0.192. The van der Waals surface area contributed by atoms with E-state index >= 15 is 0 Å². The van der Waals surface area contributed by atoms with E-state index in [1.165, 1.54) is 0 Å². The number of hydrogen-bond acceptors (Lipinski definition) is 3. The van der Waals surface area contributed by atoms with Gasteiger partial charge in [0.1, 0.15) is 0 Å². The van der Waals surface area contributed by atoms with E-state index in [0.29, 0.717) is 17.5 Å². The molecule has 0 aromatic heterocycles. The lowest BCUT2D eigenvalue weighted by Gasteiger charge is -2.20. The first-order chi connectivity index (χ1) is 12.1. The highest BCUT2D eigenvalue weighted by molar-refractivity contribution is 7.80. The molecule has 0 amide bonds. The summed E-state index contributed by atoms with van der Waals surface area (Å²) >= 11 is 5.32. The van der Waals surface area contributed by atoms with Gasteiger partial charge in [-0.25, -0.2) is 0 Å². The van der Waals surface area contributed by atoms with Gasteiger partial charge in [-0.2, -0.15) is 0 Å². The molecule has 25 heavy (non-hydrogen) atoms. The lowest BCUT2D eigenvalue weighted by atomic mass is 9.93. The van der Waals surface area contributed by atoms with Crippen LogP contribution in [0.1, 0.15) is 19.8 Å². The minimum Gasteiger partial charge on any atom is -0.359 e. The molecule has 0 unspecified atom stereocenters. The van der Waals surface area contributed by atoms with Crippen LogP contribution in [0.4, 0.5) is 17.1 Å². The smallest absolute Gasteiger partial charge is 0.175 e. The van der Waals surface area contributed by atoms with Crippen molar-refractivity contribution in [2.24, 2.45) is 5.92 Å². The van der Waals surface area contributed by atoms with Crippen LogP contribution in [-0.4, -0.2) is 10.9 Å². The Hall–Kier alpha value is -2.66. The van der Waals surface area contributed by atoms with Gasteiger partial charge in [-0.05, 0) is 61.0 Å². The van der Waals surface area contributed by atoms with E-state index in [9.17, 15) is 4.79 Å². The third-order valence-corrected chi connectivity index (χ3v) is 4.14. The molecule has 4 nitrogen and oxygen atoms in total. The van der Waals surface area contributed by atoms with Crippen molar-refractivity contribution in [3.63, 3.8) is 0 Å². The quantitative estimate of drug-likeness (QED) is 0.692. The molecule has 0 saturated heterocycles. The second kappa shape index (κ2) is 7.94. The number of para-hydroxylation sites is 1. The summed E-state index contributed by atoms with van der Waals surface area (Å²) in [6, 6.07) is 17.6. The average Bonchev–Trinajstić information content (AvgIpc) is 2.56. The summed E-state index contributed by atoms with van der Waals surface area (Å²) in [5, 5.41) is 10.2. The van der Waals surface area contributed by atoms with Gasteiger partial charge in [-0.15, -0.1) is 0 Å². The number of hydrogen-bond donors (Lipinski definition) is 3. The second-order valence-electron chi connectivity index (χ2n) is 6.30. The van der Waals surface area contributed by atoms with E-state index < -0.39 is 0 Å². The summed E-state index contributed by atoms with van der Waals surface area (Å²) in [7, 11) is 0. The predicted octanol–water partition coefficient (Wildman–Crippen LogP) is 4.79. The van der Waals surface area contributed by atoms with Crippen LogP contribution < -0.4 is 16.0 Å². The fourth-order valence-electron chi connectivity index (χ4n) is 2.83. The molecule has 0 aliphatic heterocycles. The normalized spacial score (nSPS) is 16.8. The number of carbonyl (C=O) groups excluding carboxylic acids is 1. The highest BCUT2D eigenvalue weighted by atomic mass is 32.1. The average molecular weight is 351 g/mol. The molecular weight excluding hydrogens is 330 g/mol. The number of rotatable bonds is 4. The van der Waals surface area contributed by atoms with Crippen LogP contribution in [-0.2, 0) is 4.79 Å². The van der Waals surface area contributed by atoms with Crippen molar-refractivity contribution in [1.29, 1.82) is 0 Å². The third kappa shape index (κ3) is 5.16. The number of allylic oxidation sites excluding steroid dienone is 2. The van der Waals surface area contributed by atoms with E-state index in [2.05, 4.69) is 22.9 Å². The molecule has 128 valence electrons. The Morgan fingerprint density at radius 3 is 2.16 bits per heavy atom. The largest absolute Gasteiger partial charge is 0.359 e. The Labute approximate surface area is 153 Å². The Morgan fingerprint density at radius 1 is 0.920 bits per heavy atom. The van der Waals surface area contributed by atoms with Crippen LogP contribution in [0.15, 0.2) is 66.4 Å². The minimum absolute atomic E-state index is 0.192. The molecule has 0 saturated carbocycles. The molecule has 3 rings (SSSR count). The van der Waals surface area contributed by atoms with Gasteiger partial charge in [0.05, 0.1) is 0 Å². The Morgan fingerprint density at radius 2 is 1.52 bits per heavy atom. The highest BCUT2D eigenvalue weighted by Crippen LogP contribution is 2.24. The maximum atomic E-state index is 11.7. The van der Waals surface area contributed by atoms with Crippen LogP contribution in [0.5, 0.6) is 0 Å². The molecule has 2 aromatic carbocycles. The number of ketones is 1. The molecule has 1 aliphatic rings. The summed E-state index contributed by atoms with van der Waals surface area (Å²) in [5.41, 5.74) is 3.79. The fourth-order valence-corrected chi connectivity index (χ4v) is 3.06. The van der Waals surface area contributed by atoms with Gasteiger partial charge in [0.15, 0.2) is 10.9 Å². The van der Waals surface area contributed by atoms with Crippen molar-refractivity contribution in [2.75, 3.05) is 16.0 Å². The van der Waals surface area contributed by atoms with Crippen LogP contribution in [0.2, 0.25) is 0 Å². The topological polar surface area (TPSA) is 53.2 Å². The molecule has 0 spiro atoms. The van der Waals surface area contributed by atoms with Gasteiger partial charge in [0.25, 0.3) is 0 Å². The Balaban J connectivity index is 1.57. The summed E-state index contributed by atoms with van der Waals surface area (Å²) in [6.45, 7) is 2.10. The molecule has 1 atom stereocenters. The first-order valence-corrected chi connectivity index (χ1v) is 8.73. The van der Waals surface area contributed by atoms with Crippen LogP contribution in [0.25, 0.3) is 0 Å². The zero-order valence-corrected chi connectivity index (χ0v) is 14.9. The van der Waals surface area contributed by atoms with Crippen LogP contribution in [0, 0.1) is 5.92 Å². The number of thiocarbonyl (C=S) groups is 1. The number of benzene rings is 2. The van der Waals surface area contributed by atoms with E-state index in [4.69, 9.17) is 12.2 Å². The van der Waals surface area contributed by atoms with Gasteiger partial charge < -0.3 is 16.0 Å². The van der Waals surface area contributed by atoms with Gasteiger partial charge in [0, 0.05) is 35.3 Å². The summed E-state index contributed by atoms with van der Waals surface area (Å²) in [4.78, 5) is 11.7. The Bertz CT molecular complexity index is 784. The van der Waals surface area contributed by atoms with E-state index in [0.717, 1.165) is 29.2 Å². The zero-order chi connectivity index (χ0) is 17.6. The van der Waals surface area contributed by atoms with Gasteiger partial charge in [-0.1, -0.05) is 25.1 Å². The van der Waals surface area contributed by atoms with Crippen molar-refractivity contribution in [1.82, 2.24) is 0 Å². The maximum absolute atomic E-state index is 11.7. The molecule has 0 fully saturated rings. The maximum Gasteiger partial charge on any atom is 0.175 e. The monoisotopic (exact) mass is 351 g/mol. The lowest BCUT2D eigenvalue weighted by molar-refractivity contribution is -0.115. The Kier molecular flexibility index (Phi) is 5.46. The molecule has 0 radical (unpaired) electrons. The van der Waals surface area contributed by atoms with E-state index in [1.807, 2.05) is 54.6 Å². The van der Waals surface area contributed by atoms with Crippen molar-refractivity contribution in [3.8, 4) is 0 Å². The number of nitrogens with one attached hydrogen (secondary N) is 3. The molecule has 0 bridgehead atoms. The van der Waals surface area contributed by atoms with Crippen LogP contribution in [0.3, 0.4) is 0 Å². The van der Waals surface area contributed by atoms with E-state index in [1.54, 1.807) is 6.08 Å². The lowest BCUT2D eigenvalue weighted by Crippen LogP contribution is -2.19. The molecule has 1 aliphatic carbocycles. The van der Waals surface area contributed by atoms with Crippen molar-refractivity contribution >= 4 is 40.2 Å². The predicted molar refractivity (Wildman–Crippen MR) is 108 cm³/mol. The second-order valence-corrected chi connectivity index (χ2v) is 6.71. The molecule has 3 N–H and O–H groups in total. The van der Waals surface area contributed by atoms with Crippen molar-refractivity contribution in [3.05, 3.63) is 66.4 Å². The summed E-state index contributed by atoms with van der Waals surface area (Å²) in [6.07, 6.45) is 3.25. The molecular formula is C20H21N3OS. The van der Waals surface area contributed by atoms with Crippen molar-refractivity contribution < 1.29 is 4.79 Å². The SMILES string of the molecule is C[C@H]1CC(=O)C=C(Nc2ccc(NC(=S)Nc3ccccc3)cc2)C1. The molecule has 5 heteroatoms. The first-order valence-electron chi connectivity index (χ1n) is 8.32. The van der Waals surface area contributed by atoms with Gasteiger partial charge in [-0.3, -0.25) is 4.79 Å². The summed E-state index contributed by atoms with van der Waals surface area (Å²) < 4.78 is 0. The molecule has 0 heterocycles. The van der Waals surface area contributed by atoms with E-state index in [-0.39, 0.29) is 5.78 Å². The fraction of sp³-hybridized carbons (Fsp3) is 0.200. The summed E-state index contributed by atoms with van der Waals surface area (Å²) in [5.74, 6) is 0.583. The third-order valence-electron chi connectivity index (χ3n) is 3.93.